The largest absolute Gasteiger partial charge is 0.573 e. The van der Waals surface area contributed by atoms with Gasteiger partial charge in [-0.15, -0.1) is 13.2 Å². The lowest BCUT2D eigenvalue weighted by molar-refractivity contribution is -0.274. The van der Waals surface area contributed by atoms with E-state index in [2.05, 4.69) is 32.3 Å². The summed E-state index contributed by atoms with van der Waals surface area (Å²) in [4.78, 5) is 8.93. The first-order valence-electron chi connectivity index (χ1n) is 10.8. The highest BCUT2D eigenvalue weighted by molar-refractivity contribution is 5.48. The molecule has 3 rings (SSSR count). The molecule has 1 aliphatic rings. The zero-order chi connectivity index (χ0) is 22.3. The van der Waals surface area contributed by atoms with Gasteiger partial charge in [0.05, 0.1) is 0 Å². The van der Waals surface area contributed by atoms with Gasteiger partial charge in [-0.1, -0.05) is 31.5 Å². The molecule has 0 unspecified atom stereocenters. The molecular weight excluding hydrogens is 407 g/mol. The summed E-state index contributed by atoms with van der Waals surface area (Å²) in [6.45, 7) is 3.03. The summed E-state index contributed by atoms with van der Waals surface area (Å²) >= 11 is 0. The van der Waals surface area contributed by atoms with E-state index in [0.29, 0.717) is 23.5 Å². The van der Waals surface area contributed by atoms with E-state index in [4.69, 9.17) is 5.73 Å². The van der Waals surface area contributed by atoms with Crippen LogP contribution in [0, 0.1) is 5.92 Å². The van der Waals surface area contributed by atoms with Crippen molar-refractivity contribution in [2.24, 2.45) is 11.7 Å². The van der Waals surface area contributed by atoms with Crippen LogP contribution in [0.2, 0.25) is 0 Å². The van der Waals surface area contributed by atoms with Crippen LogP contribution < -0.4 is 21.1 Å². The Labute approximate surface area is 180 Å². The molecule has 0 aliphatic heterocycles. The Morgan fingerprint density at radius 3 is 2.55 bits per heavy atom. The average molecular weight is 438 g/mol. The lowest BCUT2D eigenvalue weighted by atomic mass is 9.86. The Kier molecular flexibility index (Phi) is 7.95. The van der Waals surface area contributed by atoms with Crippen molar-refractivity contribution in [3.63, 3.8) is 0 Å². The molecule has 6 nitrogen and oxygen atoms in total. The number of aromatic nitrogens is 2. The Bertz CT molecular complexity index is 838. The number of ether oxygens (including phenoxy) is 1. The maximum absolute atomic E-state index is 12.6. The van der Waals surface area contributed by atoms with E-state index < -0.39 is 6.36 Å². The zero-order valence-corrected chi connectivity index (χ0v) is 17.7. The number of aryl methyl sites for hydroxylation is 1. The van der Waals surface area contributed by atoms with Crippen LogP contribution in [-0.4, -0.2) is 28.9 Å². The number of nitrogens with two attached hydrogens (primary N) is 1. The van der Waals surface area contributed by atoms with Crippen molar-refractivity contribution in [2.45, 2.75) is 64.4 Å². The van der Waals surface area contributed by atoms with Gasteiger partial charge in [-0.3, -0.25) is 0 Å². The van der Waals surface area contributed by atoms with Gasteiger partial charge in [-0.25, -0.2) is 4.98 Å². The standard InChI is InChI=1S/C22H30F3N5O/c1-2-5-17-14-29-21(30-20(17)27-12-15-8-10-18(26)11-9-15)28-13-16-6-3-4-7-19(16)31-22(23,24)25/h3-4,6-7,14-15,18H,2,5,8-13,26H2,1H3,(H2,27,28,29,30). The molecular formula is C22H30F3N5O. The third-order valence-electron chi connectivity index (χ3n) is 5.47. The van der Waals surface area contributed by atoms with Gasteiger partial charge in [0, 0.05) is 36.5 Å². The molecule has 0 amide bonds. The number of anilines is 2. The first-order valence-corrected chi connectivity index (χ1v) is 10.8. The van der Waals surface area contributed by atoms with E-state index in [1.807, 2.05) is 0 Å². The van der Waals surface area contributed by atoms with Gasteiger partial charge in [-0.2, -0.15) is 4.98 Å². The Hall–Kier alpha value is -2.55. The van der Waals surface area contributed by atoms with Crippen molar-refractivity contribution < 1.29 is 17.9 Å². The van der Waals surface area contributed by atoms with Gasteiger partial charge in [0.25, 0.3) is 0 Å². The van der Waals surface area contributed by atoms with Crippen molar-refractivity contribution in [2.75, 3.05) is 17.2 Å². The first kappa shape index (κ1) is 23.1. The fourth-order valence-corrected chi connectivity index (χ4v) is 3.78. The predicted molar refractivity (Wildman–Crippen MR) is 115 cm³/mol. The van der Waals surface area contributed by atoms with Crippen molar-refractivity contribution in [1.29, 1.82) is 0 Å². The van der Waals surface area contributed by atoms with Crippen molar-refractivity contribution in [3.05, 3.63) is 41.6 Å². The normalized spacial score (nSPS) is 19.1. The van der Waals surface area contributed by atoms with Crippen LogP contribution in [0.1, 0.15) is 50.2 Å². The second-order valence-electron chi connectivity index (χ2n) is 7.99. The van der Waals surface area contributed by atoms with Gasteiger partial charge >= 0.3 is 6.36 Å². The molecule has 170 valence electrons. The fraction of sp³-hybridized carbons (Fsp3) is 0.545. The van der Waals surface area contributed by atoms with Crippen LogP contribution in [0.5, 0.6) is 5.75 Å². The summed E-state index contributed by atoms with van der Waals surface area (Å²) in [5.74, 6) is 1.45. The molecule has 0 bridgehead atoms. The van der Waals surface area contributed by atoms with Gasteiger partial charge in [-0.05, 0) is 44.1 Å². The lowest BCUT2D eigenvalue weighted by Crippen LogP contribution is -2.29. The van der Waals surface area contributed by atoms with Gasteiger partial charge < -0.3 is 21.1 Å². The Balaban J connectivity index is 1.66. The highest BCUT2D eigenvalue weighted by Gasteiger charge is 2.32. The van der Waals surface area contributed by atoms with Crippen molar-refractivity contribution in [1.82, 2.24) is 9.97 Å². The van der Waals surface area contributed by atoms with E-state index in [0.717, 1.165) is 56.5 Å². The summed E-state index contributed by atoms with van der Waals surface area (Å²) in [5.41, 5.74) is 7.39. The van der Waals surface area contributed by atoms with E-state index in [1.165, 1.54) is 12.1 Å². The second-order valence-corrected chi connectivity index (χ2v) is 7.99. The minimum absolute atomic E-state index is 0.110. The summed E-state index contributed by atoms with van der Waals surface area (Å²) in [7, 11) is 0. The summed E-state index contributed by atoms with van der Waals surface area (Å²) in [5, 5.41) is 6.47. The number of benzene rings is 1. The van der Waals surface area contributed by atoms with Crippen LogP contribution in [0.3, 0.4) is 0 Å². The lowest BCUT2D eigenvalue weighted by Gasteiger charge is -2.26. The summed E-state index contributed by atoms with van der Waals surface area (Å²) in [6, 6.07) is 6.34. The van der Waals surface area contributed by atoms with Crippen molar-refractivity contribution >= 4 is 11.8 Å². The van der Waals surface area contributed by atoms with Gasteiger partial charge in [0.2, 0.25) is 5.95 Å². The van der Waals surface area contributed by atoms with Gasteiger partial charge in [0.15, 0.2) is 0 Å². The third kappa shape index (κ3) is 7.27. The minimum Gasteiger partial charge on any atom is -0.405 e. The maximum Gasteiger partial charge on any atom is 0.573 e. The Morgan fingerprint density at radius 2 is 1.84 bits per heavy atom. The predicted octanol–water partition coefficient (Wildman–Crippen LogP) is 4.87. The van der Waals surface area contributed by atoms with Crippen LogP contribution in [0.25, 0.3) is 0 Å². The molecule has 1 aromatic carbocycles. The molecule has 1 aliphatic carbocycles. The molecule has 2 aromatic rings. The average Bonchev–Trinajstić information content (AvgIpc) is 2.73. The van der Waals surface area contributed by atoms with E-state index in [9.17, 15) is 13.2 Å². The van der Waals surface area contributed by atoms with Crippen LogP contribution >= 0.6 is 0 Å². The van der Waals surface area contributed by atoms with E-state index in [-0.39, 0.29) is 12.3 Å². The number of rotatable bonds is 9. The maximum atomic E-state index is 12.6. The highest BCUT2D eigenvalue weighted by atomic mass is 19.4. The summed E-state index contributed by atoms with van der Waals surface area (Å²) in [6.07, 6.45) is 3.14. The smallest absolute Gasteiger partial charge is 0.405 e. The number of para-hydroxylation sites is 1. The van der Waals surface area contributed by atoms with E-state index in [1.54, 1.807) is 18.3 Å². The Morgan fingerprint density at radius 1 is 1.10 bits per heavy atom. The molecule has 1 saturated carbocycles. The molecule has 0 atom stereocenters. The third-order valence-corrected chi connectivity index (χ3v) is 5.47. The number of alkyl halides is 3. The first-order chi connectivity index (χ1) is 14.8. The molecule has 1 heterocycles. The highest BCUT2D eigenvalue weighted by Crippen LogP contribution is 2.27. The van der Waals surface area contributed by atoms with Crippen molar-refractivity contribution in [3.8, 4) is 5.75 Å². The fourth-order valence-electron chi connectivity index (χ4n) is 3.78. The molecule has 31 heavy (non-hydrogen) atoms. The number of hydrogen-bond donors (Lipinski definition) is 3. The second kappa shape index (κ2) is 10.7. The SMILES string of the molecule is CCCc1cnc(NCc2ccccc2OC(F)(F)F)nc1NCC1CCC(N)CC1. The van der Waals surface area contributed by atoms with E-state index >= 15 is 0 Å². The van der Waals surface area contributed by atoms with Crippen LogP contribution in [0.15, 0.2) is 30.5 Å². The molecule has 1 fully saturated rings. The molecule has 9 heteroatoms. The zero-order valence-electron chi connectivity index (χ0n) is 17.7. The molecule has 0 radical (unpaired) electrons. The minimum atomic E-state index is -4.74. The number of nitrogens with one attached hydrogen (secondary N) is 2. The van der Waals surface area contributed by atoms with Gasteiger partial charge in [0.1, 0.15) is 11.6 Å². The molecule has 4 N–H and O–H groups in total. The van der Waals surface area contributed by atoms with Crippen LogP contribution in [0.4, 0.5) is 24.9 Å². The topological polar surface area (TPSA) is 85.1 Å². The number of halogens is 3. The molecule has 0 saturated heterocycles. The molecule has 0 spiro atoms. The molecule has 1 aromatic heterocycles. The monoisotopic (exact) mass is 437 g/mol. The quantitative estimate of drug-likeness (QED) is 0.519. The number of hydrogen-bond acceptors (Lipinski definition) is 6. The number of nitrogens with zero attached hydrogens (tertiary/aromatic N) is 2. The summed E-state index contributed by atoms with van der Waals surface area (Å²) < 4.78 is 42.0. The van der Waals surface area contributed by atoms with Crippen LogP contribution in [-0.2, 0) is 13.0 Å².